The van der Waals surface area contributed by atoms with Crippen LogP contribution in [0, 0.1) is 0 Å². The minimum absolute atomic E-state index is 0.00762. The lowest BCUT2D eigenvalue weighted by Gasteiger charge is -2.21. The van der Waals surface area contributed by atoms with Gasteiger partial charge in [0, 0.05) is 24.8 Å². The molecule has 2 aliphatic rings. The van der Waals surface area contributed by atoms with Crippen molar-refractivity contribution in [1.82, 2.24) is 10.2 Å². The van der Waals surface area contributed by atoms with E-state index in [2.05, 4.69) is 10.6 Å². The Hall–Kier alpha value is -3.32. The molecule has 5 rings (SSSR count). The molecular weight excluding hydrogens is 410 g/mol. The van der Waals surface area contributed by atoms with Crippen molar-refractivity contribution >= 4 is 28.8 Å². The molecule has 1 aromatic heterocycles. The van der Waals surface area contributed by atoms with E-state index < -0.39 is 0 Å². The summed E-state index contributed by atoms with van der Waals surface area (Å²) in [7, 11) is 1.64. The van der Waals surface area contributed by atoms with Crippen molar-refractivity contribution < 1.29 is 14.3 Å². The van der Waals surface area contributed by atoms with Crippen LogP contribution >= 0.6 is 11.3 Å². The molecule has 1 fully saturated rings. The quantitative estimate of drug-likeness (QED) is 0.656. The van der Waals surface area contributed by atoms with Crippen LogP contribution in [0.4, 0.5) is 5.69 Å². The molecule has 1 saturated heterocycles. The van der Waals surface area contributed by atoms with E-state index in [0.29, 0.717) is 23.5 Å². The molecular formula is C24H23N3O3S. The summed E-state index contributed by atoms with van der Waals surface area (Å²) in [5.41, 5.74) is 3.54. The van der Waals surface area contributed by atoms with Crippen LogP contribution < -0.4 is 15.4 Å². The lowest BCUT2D eigenvalue weighted by Crippen LogP contribution is -2.39. The molecule has 158 valence electrons. The Morgan fingerprint density at radius 3 is 2.71 bits per heavy atom. The van der Waals surface area contributed by atoms with Crippen LogP contribution in [0.25, 0.3) is 11.1 Å². The van der Waals surface area contributed by atoms with Crippen molar-refractivity contribution in [2.45, 2.75) is 18.5 Å². The summed E-state index contributed by atoms with van der Waals surface area (Å²) in [4.78, 5) is 28.4. The highest BCUT2D eigenvalue weighted by Gasteiger charge is 2.39. The summed E-state index contributed by atoms with van der Waals surface area (Å²) in [6.07, 6.45) is 0.745. The summed E-state index contributed by atoms with van der Waals surface area (Å²) in [6.45, 7) is 1.19. The minimum atomic E-state index is -0.0692. The van der Waals surface area contributed by atoms with Gasteiger partial charge in [0.05, 0.1) is 23.6 Å². The number of methoxy groups -OCH3 is 1. The molecule has 0 saturated carbocycles. The number of nitrogens with zero attached hydrogens (tertiary/aromatic N) is 1. The molecule has 6 nitrogen and oxygen atoms in total. The van der Waals surface area contributed by atoms with Gasteiger partial charge in [0.2, 0.25) is 0 Å². The van der Waals surface area contributed by atoms with Gasteiger partial charge in [-0.05, 0) is 53.3 Å². The number of thiophene rings is 1. The number of fused-ring (bicyclic) bond motifs is 2. The summed E-state index contributed by atoms with van der Waals surface area (Å²) < 4.78 is 5.24. The minimum Gasteiger partial charge on any atom is -0.497 e. The Bertz CT molecular complexity index is 1110. The van der Waals surface area contributed by atoms with Gasteiger partial charge in [-0.25, -0.2) is 0 Å². The first-order valence-corrected chi connectivity index (χ1v) is 11.2. The van der Waals surface area contributed by atoms with Gasteiger partial charge in [-0.2, -0.15) is 0 Å². The van der Waals surface area contributed by atoms with E-state index in [1.165, 1.54) is 11.3 Å². The molecule has 2 atom stereocenters. The maximum absolute atomic E-state index is 13.4. The number of rotatable bonds is 4. The second kappa shape index (κ2) is 8.07. The summed E-state index contributed by atoms with van der Waals surface area (Å²) in [5.74, 6) is 0.736. The van der Waals surface area contributed by atoms with Crippen LogP contribution in [-0.4, -0.2) is 49.0 Å². The number of nitrogens with one attached hydrogen (secondary N) is 2. The van der Waals surface area contributed by atoms with E-state index in [9.17, 15) is 9.59 Å². The standard InChI is InChI=1S/C24H23N3O3S/c1-30-19-7-4-15(5-8-19)16-6-9-21-20(11-16)24(29)27-14-17(12-18(27)13-25-21)26-23(28)22-3-2-10-31-22/h2-11,17-18,25H,12-14H2,1H3,(H,26,28)/t17?,18-/m0/s1. The topological polar surface area (TPSA) is 70.7 Å². The SMILES string of the molecule is COc1ccc(-c2ccc3c(c2)C(=O)N2CC(NC(=O)c4cccs4)C[C@H]2CN3)cc1. The van der Waals surface area contributed by atoms with Crippen LogP contribution in [0.2, 0.25) is 0 Å². The smallest absolute Gasteiger partial charge is 0.261 e. The average Bonchev–Trinajstić information content (AvgIpc) is 3.45. The zero-order valence-electron chi connectivity index (χ0n) is 17.1. The number of benzene rings is 2. The molecule has 2 amide bonds. The molecule has 2 aromatic carbocycles. The van der Waals surface area contributed by atoms with Gasteiger partial charge in [0.25, 0.3) is 11.8 Å². The second-order valence-electron chi connectivity index (χ2n) is 7.86. The highest BCUT2D eigenvalue weighted by Crippen LogP contribution is 2.32. The fourth-order valence-corrected chi connectivity index (χ4v) is 4.98. The third-order valence-electron chi connectivity index (χ3n) is 5.96. The number of carbonyl (C=O) groups is 2. The molecule has 3 aromatic rings. The van der Waals surface area contributed by atoms with Crippen molar-refractivity contribution in [1.29, 1.82) is 0 Å². The number of carbonyl (C=O) groups excluding carboxylic acids is 2. The largest absolute Gasteiger partial charge is 0.497 e. The molecule has 7 heteroatoms. The van der Waals surface area contributed by atoms with Gasteiger partial charge in [-0.1, -0.05) is 24.3 Å². The number of ether oxygens (including phenoxy) is 1. The summed E-state index contributed by atoms with van der Waals surface area (Å²) >= 11 is 1.42. The Kier molecular flexibility index (Phi) is 5.11. The summed E-state index contributed by atoms with van der Waals surface area (Å²) in [5, 5.41) is 8.41. The van der Waals surface area contributed by atoms with Gasteiger partial charge < -0.3 is 20.3 Å². The maximum atomic E-state index is 13.4. The maximum Gasteiger partial charge on any atom is 0.261 e. The zero-order chi connectivity index (χ0) is 21.4. The molecule has 1 unspecified atom stereocenters. The van der Waals surface area contributed by atoms with Crippen molar-refractivity contribution in [3.8, 4) is 16.9 Å². The lowest BCUT2D eigenvalue weighted by molar-refractivity contribution is 0.0744. The predicted molar refractivity (Wildman–Crippen MR) is 122 cm³/mol. The van der Waals surface area contributed by atoms with Crippen LogP contribution in [0.15, 0.2) is 60.0 Å². The van der Waals surface area contributed by atoms with E-state index in [1.807, 2.05) is 64.9 Å². The number of anilines is 1. The highest BCUT2D eigenvalue weighted by molar-refractivity contribution is 7.12. The van der Waals surface area contributed by atoms with E-state index in [4.69, 9.17) is 4.74 Å². The van der Waals surface area contributed by atoms with E-state index in [1.54, 1.807) is 7.11 Å². The van der Waals surface area contributed by atoms with Gasteiger partial charge >= 0.3 is 0 Å². The van der Waals surface area contributed by atoms with Crippen molar-refractivity contribution in [2.24, 2.45) is 0 Å². The Labute approximate surface area is 184 Å². The van der Waals surface area contributed by atoms with Gasteiger partial charge in [-0.15, -0.1) is 11.3 Å². The number of hydrogen-bond donors (Lipinski definition) is 2. The molecule has 2 aliphatic heterocycles. The fourth-order valence-electron chi connectivity index (χ4n) is 4.35. The van der Waals surface area contributed by atoms with E-state index in [-0.39, 0.29) is 23.9 Å². The number of amides is 2. The molecule has 0 aliphatic carbocycles. The molecule has 0 bridgehead atoms. The van der Waals surface area contributed by atoms with Crippen LogP contribution in [0.5, 0.6) is 5.75 Å². The monoisotopic (exact) mass is 433 g/mol. The predicted octanol–water partition coefficient (Wildman–Crippen LogP) is 3.86. The van der Waals surface area contributed by atoms with Crippen LogP contribution in [-0.2, 0) is 0 Å². The highest BCUT2D eigenvalue weighted by atomic mass is 32.1. The first-order valence-electron chi connectivity index (χ1n) is 10.3. The molecule has 3 heterocycles. The van der Waals surface area contributed by atoms with Crippen molar-refractivity contribution in [3.05, 3.63) is 70.4 Å². The molecule has 0 spiro atoms. The van der Waals surface area contributed by atoms with E-state index in [0.717, 1.165) is 29.0 Å². The second-order valence-corrected chi connectivity index (χ2v) is 8.81. The zero-order valence-corrected chi connectivity index (χ0v) is 17.9. The van der Waals surface area contributed by atoms with Gasteiger partial charge in [0.1, 0.15) is 5.75 Å². The first kappa shape index (κ1) is 19.6. The van der Waals surface area contributed by atoms with E-state index >= 15 is 0 Å². The fraction of sp³-hybridized carbons (Fsp3) is 0.250. The van der Waals surface area contributed by atoms with Crippen LogP contribution in [0.1, 0.15) is 26.5 Å². The average molecular weight is 434 g/mol. The third-order valence-corrected chi connectivity index (χ3v) is 6.83. The Morgan fingerprint density at radius 2 is 1.97 bits per heavy atom. The van der Waals surface area contributed by atoms with Gasteiger partial charge in [-0.3, -0.25) is 9.59 Å². The van der Waals surface area contributed by atoms with Gasteiger partial charge in [0.15, 0.2) is 0 Å². The summed E-state index contributed by atoms with van der Waals surface area (Å²) in [6, 6.07) is 17.5. The Morgan fingerprint density at radius 1 is 1.16 bits per heavy atom. The molecule has 31 heavy (non-hydrogen) atoms. The van der Waals surface area contributed by atoms with Crippen LogP contribution in [0.3, 0.4) is 0 Å². The lowest BCUT2D eigenvalue weighted by atomic mass is 10.0. The Balaban J connectivity index is 1.36. The molecule has 2 N–H and O–H groups in total. The first-order chi connectivity index (χ1) is 15.1. The molecule has 0 radical (unpaired) electrons. The van der Waals surface area contributed by atoms with Crippen molar-refractivity contribution in [2.75, 3.05) is 25.5 Å². The normalized spacial score (nSPS) is 19.8. The van der Waals surface area contributed by atoms with Crippen molar-refractivity contribution in [3.63, 3.8) is 0 Å². The number of hydrogen-bond acceptors (Lipinski definition) is 5. The third kappa shape index (κ3) is 3.77.